The fraction of sp³-hybridized carbons (Fsp3) is 1.00. The molecule has 0 saturated carbocycles. The molecule has 0 heterocycles. The molecule has 3 N–H and O–H groups in total. The molecule has 0 saturated heterocycles. The van der Waals surface area contributed by atoms with Crippen molar-refractivity contribution in [1.82, 2.24) is 0 Å². The van der Waals surface area contributed by atoms with E-state index in [0.717, 1.165) is 7.11 Å². The molecule has 0 aromatic heterocycles. The molecule has 0 unspecified atom stereocenters. The molecule has 0 amide bonds. The van der Waals surface area contributed by atoms with E-state index in [1.807, 2.05) is 0 Å². The number of hydrogen-bond acceptors (Lipinski definition) is 3. The Hall–Kier alpha value is 3.15. The maximum atomic E-state index is 7.00. The van der Waals surface area contributed by atoms with Crippen LogP contribution in [0.1, 0.15) is 0 Å². The Kier molecular flexibility index (Phi) is 247. The zero-order valence-electron chi connectivity index (χ0n) is 4.34. The Morgan fingerprint density at radius 3 is 0.833 bits per heavy atom. The molecule has 0 aliphatic carbocycles. The first-order chi connectivity index (χ1) is 1.00. The molecule has 3 nitrogen and oxygen atoms in total. The van der Waals surface area contributed by atoms with E-state index in [0.29, 0.717) is 0 Å². The van der Waals surface area contributed by atoms with E-state index in [4.69, 9.17) is 5.11 Å². The van der Waals surface area contributed by atoms with Gasteiger partial charge in [0.15, 0.2) is 0 Å². The van der Waals surface area contributed by atoms with Crippen molar-refractivity contribution < 1.29 is 119 Å². The van der Waals surface area contributed by atoms with Crippen LogP contribution in [0.4, 0.5) is 0 Å². The van der Waals surface area contributed by atoms with E-state index in [1.165, 1.54) is 0 Å². The first-order valence-corrected chi connectivity index (χ1v) is 0.447. The summed E-state index contributed by atoms with van der Waals surface area (Å²) in [6, 6.07) is 0. The van der Waals surface area contributed by atoms with Gasteiger partial charge in [0.05, 0.1) is 0 Å². The van der Waals surface area contributed by atoms with E-state index in [1.54, 1.807) is 0 Å². The van der Waals surface area contributed by atoms with Gasteiger partial charge in [0.1, 0.15) is 0 Å². The second-order valence-corrected chi connectivity index (χ2v) is 0. The zero-order valence-corrected chi connectivity index (χ0v) is 10.6. The smallest absolute Gasteiger partial charge is 0.870 e. The summed E-state index contributed by atoms with van der Waals surface area (Å²) >= 11 is 0. The molecule has 0 radical (unpaired) electrons. The first kappa shape index (κ1) is 35.3. The SMILES string of the molecule is CO.[K+].[K+].[OH-].[OH-]. The second-order valence-electron chi connectivity index (χ2n) is 0. The minimum Gasteiger partial charge on any atom is -0.870 e. The van der Waals surface area contributed by atoms with Crippen LogP contribution in [0.15, 0.2) is 0 Å². The second kappa shape index (κ2) is 42.0. The summed E-state index contributed by atoms with van der Waals surface area (Å²) in [4.78, 5) is 0. The molecule has 0 aliphatic heterocycles. The van der Waals surface area contributed by atoms with Crippen molar-refractivity contribution in [2.24, 2.45) is 0 Å². The van der Waals surface area contributed by atoms with Gasteiger partial charge in [-0.15, -0.1) is 0 Å². The molecule has 5 heteroatoms. The van der Waals surface area contributed by atoms with E-state index in [9.17, 15) is 0 Å². The summed E-state index contributed by atoms with van der Waals surface area (Å²) in [6.45, 7) is 0. The molecule has 6 heavy (non-hydrogen) atoms. The normalized spacial score (nSPS) is 1.00. The minimum atomic E-state index is 0. The summed E-state index contributed by atoms with van der Waals surface area (Å²) in [7, 11) is 1.00. The van der Waals surface area contributed by atoms with Crippen LogP contribution in [-0.4, -0.2) is 23.2 Å². The molecule has 0 atom stereocenters. The standard InChI is InChI=1S/CH4O.2K.2H2O/c1-2;;;;/h2H,1H3;;;2*1H2/q;2*+1;;/p-2. The molecule has 30 valence electrons. The zero-order chi connectivity index (χ0) is 2.00. The van der Waals surface area contributed by atoms with E-state index >= 15 is 0 Å². The average Bonchev–Trinajstić information content (AvgIpc) is 1.00. The van der Waals surface area contributed by atoms with Crippen molar-refractivity contribution in [3.8, 4) is 0 Å². The van der Waals surface area contributed by atoms with Gasteiger partial charge in [-0.1, -0.05) is 0 Å². The minimum absolute atomic E-state index is 0. The third-order valence-corrected chi connectivity index (χ3v) is 0. The third kappa shape index (κ3) is 27.2. The van der Waals surface area contributed by atoms with Crippen LogP contribution >= 0.6 is 0 Å². The van der Waals surface area contributed by atoms with Crippen molar-refractivity contribution in [2.45, 2.75) is 0 Å². The van der Waals surface area contributed by atoms with Crippen molar-refractivity contribution in [3.05, 3.63) is 0 Å². The molecular formula is CH6K2O3. The average molecular weight is 144 g/mol. The van der Waals surface area contributed by atoms with E-state index in [2.05, 4.69) is 0 Å². The molecule has 0 aromatic carbocycles. The summed E-state index contributed by atoms with van der Waals surface area (Å²) in [5, 5.41) is 7.00. The van der Waals surface area contributed by atoms with Gasteiger partial charge >= 0.3 is 103 Å². The molecule has 0 fully saturated rings. The first-order valence-electron chi connectivity index (χ1n) is 0.447. The largest absolute Gasteiger partial charge is 1.00 e. The maximum Gasteiger partial charge on any atom is 1.00 e. The van der Waals surface area contributed by atoms with Crippen LogP contribution in [0.2, 0.25) is 0 Å². The molecule has 0 aliphatic rings. The fourth-order valence-electron chi connectivity index (χ4n) is 0. The van der Waals surface area contributed by atoms with E-state index < -0.39 is 0 Å². The topological polar surface area (TPSA) is 80.2 Å². The van der Waals surface area contributed by atoms with Gasteiger partial charge < -0.3 is 16.1 Å². The Labute approximate surface area is 122 Å². The van der Waals surface area contributed by atoms with Gasteiger partial charge in [-0.25, -0.2) is 0 Å². The maximum absolute atomic E-state index is 7.00. The molecular weight excluding hydrogens is 138 g/mol. The quantitative estimate of drug-likeness (QED) is 0.343. The predicted octanol–water partition coefficient (Wildman–Crippen LogP) is -6.74. The van der Waals surface area contributed by atoms with Crippen LogP contribution in [-0.2, 0) is 0 Å². The molecule has 0 rings (SSSR count). The molecule has 0 bridgehead atoms. The Balaban J connectivity index is -0.000000000833. The van der Waals surface area contributed by atoms with Crippen LogP contribution in [0.3, 0.4) is 0 Å². The molecule has 0 spiro atoms. The summed E-state index contributed by atoms with van der Waals surface area (Å²) < 4.78 is 0. The number of aliphatic hydroxyl groups excluding tert-OH is 1. The number of aliphatic hydroxyl groups is 1. The van der Waals surface area contributed by atoms with Gasteiger partial charge in [-0.3, -0.25) is 0 Å². The molecule has 0 aromatic rings. The predicted molar refractivity (Wildman–Crippen MR) is 12.0 cm³/mol. The van der Waals surface area contributed by atoms with Gasteiger partial charge in [-0.05, 0) is 0 Å². The number of hydrogen-bond donors (Lipinski definition) is 1. The van der Waals surface area contributed by atoms with Gasteiger partial charge in [0, 0.05) is 7.11 Å². The Morgan fingerprint density at radius 2 is 0.833 bits per heavy atom. The van der Waals surface area contributed by atoms with Gasteiger partial charge in [0.25, 0.3) is 0 Å². The van der Waals surface area contributed by atoms with Crippen LogP contribution in [0.5, 0.6) is 0 Å². The van der Waals surface area contributed by atoms with Crippen LogP contribution in [0.25, 0.3) is 0 Å². The van der Waals surface area contributed by atoms with Crippen molar-refractivity contribution in [2.75, 3.05) is 7.11 Å². The number of rotatable bonds is 0. The Morgan fingerprint density at radius 1 is 0.833 bits per heavy atom. The summed E-state index contributed by atoms with van der Waals surface area (Å²) in [5.74, 6) is 0. The van der Waals surface area contributed by atoms with E-state index in [-0.39, 0.29) is 114 Å². The fourth-order valence-corrected chi connectivity index (χ4v) is 0. The van der Waals surface area contributed by atoms with Gasteiger partial charge in [-0.2, -0.15) is 0 Å². The third-order valence-electron chi connectivity index (χ3n) is 0. The Bertz CT molecular complexity index is 8.75. The van der Waals surface area contributed by atoms with Crippen molar-refractivity contribution >= 4 is 0 Å². The van der Waals surface area contributed by atoms with Crippen molar-refractivity contribution in [3.63, 3.8) is 0 Å². The monoisotopic (exact) mass is 144 g/mol. The van der Waals surface area contributed by atoms with Crippen LogP contribution in [0, 0.1) is 0 Å². The van der Waals surface area contributed by atoms with Gasteiger partial charge in [0.2, 0.25) is 0 Å². The van der Waals surface area contributed by atoms with Crippen LogP contribution < -0.4 is 103 Å². The van der Waals surface area contributed by atoms with Crippen molar-refractivity contribution in [1.29, 1.82) is 0 Å². The summed E-state index contributed by atoms with van der Waals surface area (Å²) in [5.41, 5.74) is 0. The summed E-state index contributed by atoms with van der Waals surface area (Å²) in [6.07, 6.45) is 0.